The summed E-state index contributed by atoms with van der Waals surface area (Å²) in [5, 5.41) is 23.2. The van der Waals surface area contributed by atoms with Crippen molar-refractivity contribution < 1.29 is 24.5 Å². The van der Waals surface area contributed by atoms with Gasteiger partial charge in [-0.05, 0) is 51.4 Å². The van der Waals surface area contributed by atoms with Gasteiger partial charge in [0.1, 0.15) is 0 Å². The summed E-state index contributed by atoms with van der Waals surface area (Å²) >= 11 is 0. The Morgan fingerprint density at radius 2 is 0.746 bits per heavy atom. The first kappa shape index (κ1) is 61.6. The molecule has 3 N–H and O–H groups in total. The molecule has 0 aliphatic heterocycles. The van der Waals surface area contributed by atoms with Gasteiger partial charge in [0.15, 0.2) is 0 Å². The second-order valence-corrected chi connectivity index (χ2v) is 19.6. The lowest BCUT2D eigenvalue weighted by atomic mass is 10.0. The second kappa shape index (κ2) is 53.2. The smallest absolute Gasteiger partial charge is 0.305 e. The molecule has 0 heterocycles. The number of esters is 1. The SMILES string of the molecule is CCCCCCCCCCCCCCCCC(=O)OCCCCCCCCCCC/C=C\CCCCCCCCCC(=O)NC(CO)C(O)CCCCCCCCCCCCCC. The van der Waals surface area contributed by atoms with Crippen LogP contribution in [0.15, 0.2) is 12.2 Å². The Bertz CT molecular complexity index is 939. The number of rotatable bonds is 53. The molecule has 0 saturated heterocycles. The largest absolute Gasteiger partial charge is 0.466 e. The Morgan fingerprint density at radius 1 is 0.429 bits per heavy atom. The molecule has 0 fully saturated rings. The van der Waals surface area contributed by atoms with Crippen molar-refractivity contribution in [2.75, 3.05) is 13.2 Å². The minimum Gasteiger partial charge on any atom is -0.466 e. The molecule has 63 heavy (non-hydrogen) atoms. The van der Waals surface area contributed by atoms with E-state index in [4.69, 9.17) is 4.74 Å². The van der Waals surface area contributed by atoms with E-state index in [1.807, 2.05) is 0 Å². The van der Waals surface area contributed by atoms with Crippen molar-refractivity contribution in [3.05, 3.63) is 12.2 Å². The Balaban J connectivity index is 3.41. The van der Waals surface area contributed by atoms with Crippen LogP contribution in [0.4, 0.5) is 0 Å². The number of hydrogen-bond acceptors (Lipinski definition) is 5. The van der Waals surface area contributed by atoms with Crippen LogP contribution < -0.4 is 5.32 Å². The molecular weight excluding hydrogens is 779 g/mol. The zero-order chi connectivity index (χ0) is 45.8. The van der Waals surface area contributed by atoms with E-state index in [1.54, 1.807) is 0 Å². The first-order valence-corrected chi connectivity index (χ1v) is 28.4. The minimum absolute atomic E-state index is 0.00880. The number of allylic oxidation sites excluding steroid dienone is 2. The third-order valence-corrected chi connectivity index (χ3v) is 13.3. The highest BCUT2D eigenvalue weighted by Crippen LogP contribution is 2.17. The Labute approximate surface area is 393 Å². The summed E-state index contributed by atoms with van der Waals surface area (Å²) in [7, 11) is 0. The topological polar surface area (TPSA) is 95.9 Å². The number of nitrogens with one attached hydrogen (secondary N) is 1. The molecule has 2 atom stereocenters. The van der Waals surface area contributed by atoms with E-state index >= 15 is 0 Å². The number of aliphatic hydroxyl groups excluding tert-OH is 2. The van der Waals surface area contributed by atoms with E-state index in [0.29, 0.717) is 25.9 Å². The molecular formula is C57H111NO5. The number of hydrogen-bond donors (Lipinski definition) is 3. The van der Waals surface area contributed by atoms with E-state index in [1.165, 1.54) is 244 Å². The fourth-order valence-corrected chi connectivity index (χ4v) is 8.93. The number of aliphatic hydroxyl groups is 2. The fraction of sp³-hybridized carbons (Fsp3) is 0.930. The summed E-state index contributed by atoms with van der Waals surface area (Å²) in [5.41, 5.74) is 0. The van der Waals surface area contributed by atoms with Gasteiger partial charge in [0.05, 0.1) is 25.4 Å². The molecule has 374 valence electrons. The van der Waals surface area contributed by atoms with Gasteiger partial charge < -0.3 is 20.3 Å². The third-order valence-electron chi connectivity index (χ3n) is 13.3. The predicted molar refractivity (Wildman–Crippen MR) is 273 cm³/mol. The molecule has 0 aromatic heterocycles. The zero-order valence-corrected chi connectivity index (χ0v) is 42.6. The Morgan fingerprint density at radius 3 is 1.13 bits per heavy atom. The number of unbranched alkanes of at least 4 members (excludes halogenated alkanes) is 40. The van der Waals surface area contributed by atoms with Gasteiger partial charge >= 0.3 is 5.97 Å². The van der Waals surface area contributed by atoms with Crippen LogP contribution in [0.1, 0.15) is 316 Å². The molecule has 6 heteroatoms. The molecule has 0 spiro atoms. The van der Waals surface area contributed by atoms with Gasteiger partial charge in [-0.25, -0.2) is 0 Å². The van der Waals surface area contributed by atoms with Crippen LogP contribution >= 0.6 is 0 Å². The average Bonchev–Trinajstić information content (AvgIpc) is 3.28. The van der Waals surface area contributed by atoms with Crippen molar-refractivity contribution in [2.24, 2.45) is 0 Å². The minimum atomic E-state index is -0.667. The van der Waals surface area contributed by atoms with Crippen molar-refractivity contribution in [1.29, 1.82) is 0 Å². The molecule has 0 rings (SSSR count). The Hall–Kier alpha value is -1.40. The lowest BCUT2D eigenvalue weighted by Crippen LogP contribution is -2.45. The predicted octanol–water partition coefficient (Wildman–Crippen LogP) is 17.3. The average molecular weight is 891 g/mol. The van der Waals surface area contributed by atoms with Crippen molar-refractivity contribution >= 4 is 11.9 Å². The maximum absolute atomic E-state index is 12.4. The number of ether oxygens (including phenoxy) is 1. The molecule has 0 saturated carbocycles. The van der Waals surface area contributed by atoms with Crippen molar-refractivity contribution in [3.8, 4) is 0 Å². The van der Waals surface area contributed by atoms with Gasteiger partial charge in [0.25, 0.3) is 0 Å². The molecule has 1 amide bonds. The maximum Gasteiger partial charge on any atom is 0.305 e. The first-order valence-electron chi connectivity index (χ1n) is 28.4. The van der Waals surface area contributed by atoms with Gasteiger partial charge in [0.2, 0.25) is 5.91 Å². The normalized spacial score (nSPS) is 12.6. The lowest BCUT2D eigenvalue weighted by Gasteiger charge is -2.22. The maximum atomic E-state index is 12.4. The fourth-order valence-electron chi connectivity index (χ4n) is 8.93. The van der Waals surface area contributed by atoms with Crippen LogP contribution in [0.2, 0.25) is 0 Å². The highest BCUT2D eigenvalue weighted by molar-refractivity contribution is 5.76. The monoisotopic (exact) mass is 890 g/mol. The first-order chi connectivity index (χ1) is 31.0. The summed E-state index contributed by atoms with van der Waals surface area (Å²) in [6.07, 6.45) is 62.0. The summed E-state index contributed by atoms with van der Waals surface area (Å²) in [6.45, 7) is 4.95. The molecule has 0 radical (unpaired) electrons. The molecule has 0 aromatic carbocycles. The van der Waals surface area contributed by atoms with Crippen LogP contribution in [0, 0.1) is 0 Å². The highest BCUT2D eigenvalue weighted by atomic mass is 16.5. The third kappa shape index (κ3) is 49.9. The molecule has 0 bridgehead atoms. The lowest BCUT2D eigenvalue weighted by molar-refractivity contribution is -0.143. The zero-order valence-electron chi connectivity index (χ0n) is 42.6. The van der Waals surface area contributed by atoms with Crippen molar-refractivity contribution in [1.82, 2.24) is 5.32 Å². The molecule has 0 aliphatic carbocycles. The van der Waals surface area contributed by atoms with E-state index in [-0.39, 0.29) is 18.5 Å². The van der Waals surface area contributed by atoms with Crippen LogP contribution in [0.25, 0.3) is 0 Å². The van der Waals surface area contributed by atoms with Gasteiger partial charge in [-0.15, -0.1) is 0 Å². The van der Waals surface area contributed by atoms with Crippen LogP contribution in [-0.4, -0.2) is 47.4 Å². The van der Waals surface area contributed by atoms with Crippen LogP contribution in [-0.2, 0) is 14.3 Å². The summed E-state index contributed by atoms with van der Waals surface area (Å²) in [4.78, 5) is 24.5. The van der Waals surface area contributed by atoms with E-state index < -0.39 is 12.1 Å². The van der Waals surface area contributed by atoms with E-state index in [2.05, 4.69) is 31.3 Å². The van der Waals surface area contributed by atoms with Gasteiger partial charge in [-0.2, -0.15) is 0 Å². The van der Waals surface area contributed by atoms with Gasteiger partial charge in [0, 0.05) is 12.8 Å². The van der Waals surface area contributed by atoms with Gasteiger partial charge in [-0.3, -0.25) is 9.59 Å². The van der Waals surface area contributed by atoms with Gasteiger partial charge in [-0.1, -0.05) is 264 Å². The summed E-state index contributed by atoms with van der Waals surface area (Å²) in [5.74, 6) is -0.0343. The standard InChI is InChI=1S/C57H111NO5/c1-3-5-7-9-11-13-15-17-27-31-35-39-43-47-51-57(62)63-52-48-44-40-36-32-28-25-23-21-19-18-20-22-24-26-30-34-38-42-46-50-56(61)58-54(53-59)55(60)49-45-41-37-33-29-16-14-12-10-8-6-4-2/h18,20,54-55,59-60H,3-17,19,21-53H2,1-2H3,(H,58,61)/b20-18-. The van der Waals surface area contributed by atoms with Crippen LogP contribution in [0.3, 0.4) is 0 Å². The highest BCUT2D eigenvalue weighted by Gasteiger charge is 2.20. The Kier molecular flexibility index (Phi) is 52.0. The van der Waals surface area contributed by atoms with E-state index in [0.717, 1.165) is 38.5 Å². The number of carbonyl (C=O) groups excluding carboxylic acids is 2. The quantitative estimate of drug-likeness (QED) is 0.0321. The molecule has 0 aromatic rings. The van der Waals surface area contributed by atoms with E-state index in [9.17, 15) is 19.8 Å². The number of amides is 1. The van der Waals surface area contributed by atoms with Crippen LogP contribution in [0.5, 0.6) is 0 Å². The molecule has 6 nitrogen and oxygen atoms in total. The van der Waals surface area contributed by atoms with Crippen molar-refractivity contribution in [3.63, 3.8) is 0 Å². The number of carbonyl (C=O) groups is 2. The molecule has 0 aliphatic rings. The summed E-state index contributed by atoms with van der Waals surface area (Å²) in [6, 6.07) is -0.546. The second-order valence-electron chi connectivity index (χ2n) is 19.6. The molecule has 2 unspecified atom stereocenters. The summed E-state index contributed by atoms with van der Waals surface area (Å²) < 4.78 is 5.47. The van der Waals surface area contributed by atoms with Crippen molar-refractivity contribution in [2.45, 2.75) is 328 Å².